The third-order valence-corrected chi connectivity index (χ3v) is 5.90. The number of anilines is 3. The normalized spacial score (nSPS) is 17.6. The first-order chi connectivity index (χ1) is 14.9. The molecule has 166 valence electrons. The monoisotopic (exact) mass is 424 g/mol. The van der Waals surface area contributed by atoms with Gasteiger partial charge in [-0.15, -0.1) is 5.10 Å². The van der Waals surface area contributed by atoms with Crippen molar-refractivity contribution in [2.75, 3.05) is 67.6 Å². The van der Waals surface area contributed by atoms with Gasteiger partial charge in [-0.05, 0) is 23.1 Å². The molecular formula is C23H32N6O2. The van der Waals surface area contributed by atoms with Crippen LogP contribution in [0.4, 0.5) is 22.0 Å². The van der Waals surface area contributed by atoms with Crippen LogP contribution in [-0.2, 0) is 10.2 Å². The molecule has 2 aliphatic heterocycles. The lowest BCUT2D eigenvalue weighted by molar-refractivity contribution is 0.122. The van der Waals surface area contributed by atoms with Crippen LogP contribution >= 0.6 is 0 Å². The van der Waals surface area contributed by atoms with Crippen LogP contribution in [0.2, 0.25) is 0 Å². The molecule has 1 aromatic carbocycles. The van der Waals surface area contributed by atoms with Crippen LogP contribution in [-0.4, -0.2) is 73.6 Å². The molecule has 2 aromatic rings. The summed E-state index contributed by atoms with van der Waals surface area (Å²) in [5, 5.41) is 11.5. The largest absolute Gasteiger partial charge is 0.378 e. The molecule has 1 N–H and O–H groups in total. The lowest BCUT2D eigenvalue weighted by atomic mass is 9.87. The smallest absolute Gasteiger partial charge is 0.321 e. The quantitative estimate of drug-likeness (QED) is 0.817. The Hall–Kier alpha value is -2.87. The van der Waals surface area contributed by atoms with Crippen LogP contribution in [0, 0.1) is 0 Å². The number of carbonyl (C=O) groups excluding carboxylic acids is 1. The summed E-state index contributed by atoms with van der Waals surface area (Å²) in [4.78, 5) is 19.0. The number of hydrogen-bond donors (Lipinski definition) is 1. The van der Waals surface area contributed by atoms with E-state index in [1.54, 1.807) is 6.20 Å². The third-order valence-electron chi connectivity index (χ3n) is 5.90. The Bertz CT molecular complexity index is 882. The summed E-state index contributed by atoms with van der Waals surface area (Å²) in [7, 11) is 0. The Labute approximate surface area is 184 Å². The number of benzene rings is 1. The first kappa shape index (κ1) is 21.4. The van der Waals surface area contributed by atoms with Gasteiger partial charge < -0.3 is 24.8 Å². The van der Waals surface area contributed by atoms with Gasteiger partial charge in [-0.3, -0.25) is 0 Å². The molecule has 8 nitrogen and oxygen atoms in total. The zero-order valence-corrected chi connectivity index (χ0v) is 18.7. The van der Waals surface area contributed by atoms with Crippen molar-refractivity contribution >= 4 is 23.2 Å². The average Bonchev–Trinajstić information content (AvgIpc) is 2.79. The maximum Gasteiger partial charge on any atom is 0.321 e. The Morgan fingerprint density at radius 3 is 2.29 bits per heavy atom. The summed E-state index contributed by atoms with van der Waals surface area (Å²) < 4.78 is 5.42. The summed E-state index contributed by atoms with van der Waals surface area (Å²) >= 11 is 0. The van der Waals surface area contributed by atoms with E-state index in [-0.39, 0.29) is 11.4 Å². The highest BCUT2D eigenvalue weighted by atomic mass is 16.5. The predicted octanol–water partition coefficient (Wildman–Crippen LogP) is 2.96. The van der Waals surface area contributed by atoms with Gasteiger partial charge in [-0.2, -0.15) is 5.10 Å². The molecule has 3 heterocycles. The maximum absolute atomic E-state index is 12.7. The molecule has 2 aliphatic rings. The van der Waals surface area contributed by atoms with E-state index >= 15 is 0 Å². The number of morpholine rings is 1. The second-order valence-electron chi connectivity index (χ2n) is 9.10. The minimum Gasteiger partial charge on any atom is -0.378 e. The highest BCUT2D eigenvalue weighted by Gasteiger charge is 2.23. The van der Waals surface area contributed by atoms with Gasteiger partial charge >= 0.3 is 6.03 Å². The van der Waals surface area contributed by atoms with Gasteiger partial charge in [0.1, 0.15) is 0 Å². The molecule has 0 bridgehead atoms. The number of nitrogens with zero attached hydrogens (tertiary/aromatic N) is 5. The Morgan fingerprint density at radius 2 is 1.65 bits per heavy atom. The van der Waals surface area contributed by atoms with E-state index in [0.717, 1.165) is 56.6 Å². The van der Waals surface area contributed by atoms with Gasteiger partial charge in [-0.25, -0.2) is 4.79 Å². The van der Waals surface area contributed by atoms with Crippen molar-refractivity contribution in [1.29, 1.82) is 0 Å². The Morgan fingerprint density at radius 1 is 0.968 bits per heavy atom. The van der Waals surface area contributed by atoms with Gasteiger partial charge in [0.2, 0.25) is 0 Å². The highest BCUT2D eigenvalue weighted by molar-refractivity contribution is 5.89. The number of carbonyl (C=O) groups is 1. The molecule has 4 rings (SSSR count). The molecule has 0 unspecified atom stereocenters. The van der Waals surface area contributed by atoms with Crippen LogP contribution < -0.4 is 15.1 Å². The molecule has 0 atom stereocenters. The van der Waals surface area contributed by atoms with Crippen molar-refractivity contribution in [1.82, 2.24) is 15.1 Å². The maximum atomic E-state index is 12.7. The van der Waals surface area contributed by atoms with E-state index in [0.29, 0.717) is 13.1 Å². The number of piperazine rings is 1. The van der Waals surface area contributed by atoms with Crippen LogP contribution in [0.5, 0.6) is 0 Å². The first-order valence-corrected chi connectivity index (χ1v) is 11.0. The molecule has 31 heavy (non-hydrogen) atoms. The summed E-state index contributed by atoms with van der Waals surface area (Å²) in [5.41, 5.74) is 3.23. The molecule has 0 spiro atoms. The lowest BCUT2D eigenvalue weighted by Gasteiger charge is -2.36. The minimum absolute atomic E-state index is 0.0509. The number of urea groups is 1. The molecule has 1 aromatic heterocycles. The molecule has 2 amide bonds. The minimum atomic E-state index is -0.0509. The number of amides is 2. The van der Waals surface area contributed by atoms with E-state index in [2.05, 4.69) is 64.3 Å². The third kappa shape index (κ3) is 5.25. The van der Waals surface area contributed by atoms with Crippen molar-refractivity contribution in [2.24, 2.45) is 0 Å². The van der Waals surface area contributed by atoms with Crippen molar-refractivity contribution < 1.29 is 9.53 Å². The molecule has 2 saturated heterocycles. The first-order valence-electron chi connectivity index (χ1n) is 11.0. The molecule has 8 heteroatoms. The van der Waals surface area contributed by atoms with Gasteiger partial charge in [0.25, 0.3) is 0 Å². The lowest BCUT2D eigenvalue weighted by Crippen LogP contribution is -2.50. The van der Waals surface area contributed by atoms with Crippen molar-refractivity contribution in [3.63, 3.8) is 0 Å². The fourth-order valence-electron chi connectivity index (χ4n) is 3.89. The van der Waals surface area contributed by atoms with Crippen molar-refractivity contribution in [3.8, 4) is 0 Å². The molecule has 0 saturated carbocycles. The Kier molecular flexibility index (Phi) is 6.27. The number of aromatic nitrogens is 2. The van der Waals surface area contributed by atoms with Gasteiger partial charge in [0, 0.05) is 51.0 Å². The van der Waals surface area contributed by atoms with E-state index in [4.69, 9.17) is 4.74 Å². The van der Waals surface area contributed by atoms with Gasteiger partial charge in [-0.1, -0.05) is 32.9 Å². The van der Waals surface area contributed by atoms with Crippen LogP contribution in [0.3, 0.4) is 0 Å². The van der Waals surface area contributed by atoms with E-state index in [9.17, 15) is 4.79 Å². The SMILES string of the molecule is CC(C)(C)c1ccc(NC(=O)N2CCN(c3cnnc(N4CCOCC4)c3)CC2)cc1. The fraction of sp³-hybridized carbons (Fsp3) is 0.522. The van der Waals surface area contributed by atoms with E-state index < -0.39 is 0 Å². The average molecular weight is 425 g/mol. The number of rotatable bonds is 3. The zero-order valence-electron chi connectivity index (χ0n) is 18.7. The standard InChI is InChI=1S/C23H32N6O2/c1-23(2,3)18-4-6-19(7-5-18)25-22(30)29-10-8-27(9-11-29)20-16-21(26-24-17-20)28-12-14-31-15-13-28/h4-7,16-17H,8-15H2,1-3H3,(H,25,30). The molecule has 0 aliphatic carbocycles. The predicted molar refractivity (Wildman–Crippen MR) is 123 cm³/mol. The zero-order chi connectivity index (χ0) is 21.8. The summed E-state index contributed by atoms with van der Waals surface area (Å²) in [5.74, 6) is 0.889. The Balaban J connectivity index is 1.32. The van der Waals surface area contributed by atoms with Crippen molar-refractivity contribution in [2.45, 2.75) is 26.2 Å². The van der Waals surface area contributed by atoms with Crippen LogP contribution in [0.15, 0.2) is 36.5 Å². The van der Waals surface area contributed by atoms with Crippen LogP contribution in [0.25, 0.3) is 0 Å². The van der Waals surface area contributed by atoms with Crippen molar-refractivity contribution in [3.05, 3.63) is 42.1 Å². The van der Waals surface area contributed by atoms with Crippen LogP contribution in [0.1, 0.15) is 26.3 Å². The van der Waals surface area contributed by atoms with E-state index in [1.807, 2.05) is 17.0 Å². The topological polar surface area (TPSA) is 73.8 Å². The highest BCUT2D eigenvalue weighted by Crippen LogP contribution is 2.24. The molecule has 0 radical (unpaired) electrons. The van der Waals surface area contributed by atoms with E-state index in [1.165, 1.54) is 5.56 Å². The number of hydrogen-bond acceptors (Lipinski definition) is 6. The molecule has 2 fully saturated rings. The molecular weight excluding hydrogens is 392 g/mol. The summed E-state index contributed by atoms with van der Waals surface area (Å²) in [6.07, 6.45) is 1.80. The van der Waals surface area contributed by atoms with Gasteiger partial charge in [0.05, 0.1) is 25.1 Å². The summed E-state index contributed by atoms with van der Waals surface area (Å²) in [6, 6.07) is 10.1. The number of nitrogens with one attached hydrogen (secondary N) is 1. The second-order valence-corrected chi connectivity index (χ2v) is 9.10. The van der Waals surface area contributed by atoms with Gasteiger partial charge in [0.15, 0.2) is 5.82 Å². The fourth-order valence-corrected chi connectivity index (χ4v) is 3.89. The summed E-state index contributed by atoms with van der Waals surface area (Å²) in [6.45, 7) is 12.5. The number of ether oxygens (including phenoxy) is 1. The second kappa shape index (κ2) is 9.09.